The van der Waals surface area contributed by atoms with Crippen molar-refractivity contribution in [2.24, 2.45) is 0 Å². The summed E-state index contributed by atoms with van der Waals surface area (Å²) in [4.78, 5) is 0. The standard InChI is InChI=1S/2C40H26.CH4.19H2/c2*1-2-12-31-26-32(25-22-27(31)10-1)28-20-23-30(24-21-28)39-35-15-5-7-17-37(35)40(38-18-8-6-16-36(38)39)34-19-9-13-29-11-3-4-14-33(29)34;;;;;;;;;;;;;;;;;;;;/h2*1-26H;1H4;19*1H/i;;;18*1+1D;1+1. The van der Waals surface area contributed by atoms with Crippen LogP contribution in [0.3, 0.4) is 0 Å². The van der Waals surface area contributed by atoms with E-state index in [1.165, 1.54) is 153 Å². The van der Waals surface area contributed by atoms with Gasteiger partial charge in [-0.3, -0.25) is 0 Å². The van der Waals surface area contributed by atoms with E-state index in [0.29, 0.717) is 0 Å². The third-order valence-corrected chi connectivity index (χ3v) is 16.5. The topological polar surface area (TPSA) is 0 Å². The zero-order valence-electron chi connectivity index (χ0n) is 80.0. The lowest BCUT2D eigenvalue weighted by Crippen LogP contribution is -1.91. The Morgan fingerprint density at radius 3 is 0.728 bits per heavy atom. The van der Waals surface area contributed by atoms with E-state index in [1.54, 1.807) is 0 Å². The molecule has 0 bridgehead atoms. The first-order valence-corrected chi connectivity index (χ1v) is 27.7. The predicted octanol–water partition coefficient (Wildman–Crippen LogP) is 27.9. The molecule has 0 aromatic heterocycles. The number of rotatable bonds is 6. The highest BCUT2D eigenvalue weighted by Gasteiger charge is 2.20. The largest absolute Gasteiger partial charge is 0.0776 e. The Kier molecular flexibility index (Phi) is 8.49. The lowest BCUT2D eigenvalue weighted by atomic mass is 9.84. The van der Waals surface area contributed by atoms with Crippen molar-refractivity contribution < 1.29 is 54.9 Å². The Balaban J connectivity index is -0.000000381. The maximum atomic E-state index is 5.00. The maximum absolute atomic E-state index is 5.00. The van der Waals surface area contributed by atoms with Crippen molar-refractivity contribution in [3.8, 4) is 66.8 Å². The smallest absolute Gasteiger partial charge is 0 e. The third-order valence-electron chi connectivity index (χ3n) is 16.5. The molecule has 418 valence electrons. The molecule has 0 amide bonds. The van der Waals surface area contributed by atoms with Crippen LogP contribution in [0.15, 0.2) is 315 Å². The molecule has 0 saturated heterocycles. The van der Waals surface area contributed by atoms with Crippen LogP contribution in [0.25, 0.3) is 153 Å². The summed E-state index contributed by atoms with van der Waals surface area (Å²) in [5, 5.41) is 20.4. The van der Waals surface area contributed by atoms with Crippen LogP contribution in [0.4, 0.5) is 0 Å². The molecule has 0 radical (unpaired) electrons. The van der Waals surface area contributed by atoms with E-state index >= 15 is 0 Å². The first kappa shape index (κ1) is 33.1. The van der Waals surface area contributed by atoms with Gasteiger partial charge in [-0.15, -0.1) is 0 Å². The molecule has 16 aromatic carbocycles. The minimum absolute atomic E-state index is 0. The van der Waals surface area contributed by atoms with Crippen LogP contribution in [0, 0.1) is 0 Å². The second-order valence-electron chi connectivity index (χ2n) is 21.0. The fourth-order valence-corrected chi connectivity index (χ4v) is 12.7. The molecule has 0 spiro atoms. The van der Waals surface area contributed by atoms with Gasteiger partial charge in [0.2, 0.25) is 0 Å². The third kappa shape index (κ3) is 8.66. The molecule has 0 saturated carbocycles. The minimum Gasteiger partial charge on any atom is -0.0776 e. The molecule has 0 aliphatic rings. The van der Waals surface area contributed by atoms with Crippen LogP contribution in [0.2, 0.25) is 0 Å². The van der Waals surface area contributed by atoms with E-state index in [2.05, 4.69) is 315 Å². The van der Waals surface area contributed by atoms with Gasteiger partial charge >= 0.3 is 0 Å². The van der Waals surface area contributed by atoms with Gasteiger partial charge in [0.05, 0.1) is 0 Å². The Morgan fingerprint density at radius 2 is 0.395 bits per heavy atom. The van der Waals surface area contributed by atoms with Gasteiger partial charge < -0.3 is 0 Å². The number of fused-ring (bicyclic) bond motifs is 8. The van der Waals surface area contributed by atoms with Crippen LogP contribution in [0.5, 0.6) is 0 Å². The van der Waals surface area contributed by atoms with Crippen LogP contribution in [0.1, 0.15) is 62.3 Å². The molecule has 0 heteroatoms. The SMILES string of the molecule is C.[2HH].[2H][2H].[2H][2H].[2H][2H].[2H][2H].[2H][2H].[2H][2H].[2H][2H].[2H][2H].[2H][2H].[2H][2H].[2H][2H].[2H][2H].[2H][2H].[2H][2H].[2H][2H].[2H][2H].[2H][2H].[2H][2H].c1ccc2cc(-c3ccc(-c4c5ccccc5c(-c5cccc6ccccc56)c5ccccc45)cc3)ccc2c1.c1ccc2cc(-c3ccc(-c4c5ccccc5c(-c5cccc6ccccc56)c5ccccc45)cc3)ccc2c1. The fraction of sp³-hybridized carbons (Fsp3) is 0.0123. The highest BCUT2D eigenvalue weighted by molar-refractivity contribution is 6.25. The van der Waals surface area contributed by atoms with Crippen molar-refractivity contribution in [3.05, 3.63) is 315 Å². The lowest BCUT2D eigenvalue weighted by Gasteiger charge is -2.19. The monoisotopic (exact) mass is 1100 g/mol. The van der Waals surface area contributed by atoms with E-state index < -0.39 is 0 Å². The molecule has 0 unspecified atom stereocenters. The van der Waals surface area contributed by atoms with Crippen LogP contribution >= 0.6 is 0 Å². The average molecular weight is 1100 g/mol. The molecular formula is C81H94. The molecule has 16 rings (SSSR count). The van der Waals surface area contributed by atoms with E-state index in [9.17, 15) is 0 Å². The number of benzene rings is 16. The summed E-state index contributed by atoms with van der Waals surface area (Å²) in [6.07, 6.45) is 0. The Bertz CT molecular complexity index is 4700. The molecule has 0 nitrogen and oxygen atoms in total. The second kappa shape index (κ2) is 20.8. The molecule has 0 aliphatic carbocycles. The predicted molar refractivity (Wildman–Crippen MR) is 392 cm³/mol. The molecule has 0 aliphatic heterocycles. The van der Waals surface area contributed by atoms with Crippen molar-refractivity contribution >= 4 is 86.2 Å². The van der Waals surface area contributed by atoms with Gasteiger partial charge in [-0.05, 0) is 165 Å². The first-order valence-electron chi connectivity index (χ1n) is 45.7. The van der Waals surface area contributed by atoms with Crippen molar-refractivity contribution in [2.75, 3.05) is 0 Å². The average Bonchev–Trinajstić information content (AvgIpc) is 0.735. The number of hydrogen-bond donors (Lipinski definition) is 0. The molecule has 81 heavy (non-hydrogen) atoms. The zero-order chi connectivity index (χ0) is 88.9. The zero-order valence-corrected chi connectivity index (χ0v) is 44.0. The Morgan fingerprint density at radius 1 is 0.160 bits per heavy atom. The van der Waals surface area contributed by atoms with E-state index in [0.717, 1.165) is 0 Å². The summed E-state index contributed by atoms with van der Waals surface area (Å²) in [6.45, 7) is 0. The van der Waals surface area contributed by atoms with Crippen molar-refractivity contribution in [2.45, 2.75) is 7.43 Å². The van der Waals surface area contributed by atoms with Gasteiger partial charge in [-0.2, -0.15) is 0 Å². The van der Waals surface area contributed by atoms with Crippen molar-refractivity contribution in [1.29, 1.82) is 0 Å². The first-order chi connectivity index (χ1) is 57.7. The normalized spacial score (nSPS) is 13.1. The van der Waals surface area contributed by atoms with E-state index in [4.69, 9.17) is 53.5 Å². The summed E-state index contributed by atoms with van der Waals surface area (Å²) in [6, 6.07) is 115. The molecular weight excluding hydrogens is 973 g/mol. The molecule has 0 atom stereocenters. The van der Waals surface area contributed by atoms with Crippen LogP contribution < -0.4 is 0 Å². The summed E-state index contributed by atoms with van der Waals surface area (Å²) < 4.78 is 180. The molecule has 0 fully saturated rings. The van der Waals surface area contributed by atoms with Crippen molar-refractivity contribution in [3.63, 3.8) is 0 Å². The van der Waals surface area contributed by atoms with Gasteiger partial charge in [0.15, 0.2) is 0 Å². The highest BCUT2D eigenvalue weighted by Crippen LogP contribution is 2.47. The lowest BCUT2D eigenvalue weighted by molar-refractivity contribution is 1.63. The second-order valence-corrected chi connectivity index (χ2v) is 21.0. The molecule has 0 N–H and O–H groups in total. The highest BCUT2D eigenvalue weighted by atomic mass is 14.2. The van der Waals surface area contributed by atoms with Crippen LogP contribution in [-0.2, 0) is 0 Å². The summed E-state index contributed by atoms with van der Waals surface area (Å²) in [5.41, 5.74) is 15.2. The Labute approximate surface area is 530 Å². The van der Waals surface area contributed by atoms with Gasteiger partial charge in [0.1, 0.15) is 0 Å². The van der Waals surface area contributed by atoms with Gasteiger partial charge in [0.25, 0.3) is 0 Å². The fourth-order valence-electron chi connectivity index (χ4n) is 12.7. The minimum atomic E-state index is 0. The summed E-state index contributed by atoms with van der Waals surface area (Å²) in [7, 11) is 0. The molecule has 16 aromatic rings. The maximum Gasteiger partial charge on any atom is 0 e. The quantitative estimate of drug-likeness (QED) is 0.146. The summed E-state index contributed by atoms with van der Waals surface area (Å²) in [5.74, 6) is 0. The van der Waals surface area contributed by atoms with Gasteiger partial charge in [-0.1, -0.05) is 311 Å². The number of hydrogen-bond acceptors (Lipinski definition) is 0. The van der Waals surface area contributed by atoms with Crippen LogP contribution in [-0.4, -0.2) is 0 Å². The van der Waals surface area contributed by atoms with Gasteiger partial charge in [-0.25, -0.2) is 0 Å². The van der Waals surface area contributed by atoms with E-state index in [1.807, 2.05) is 0 Å². The summed E-state index contributed by atoms with van der Waals surface area (Å²) >= 11 is 0. The van der Waals surface area contributed by atoms with Crippen molar-refractivity contribution in [1.82, 2.24) is 0 Å². The van der Waals surface area contributed by atoms with Gasteiger partial charge in [0, 0.05) is 54.9 Å². The molecule has 0 heterocycles. The Hall–Kier alpha value is -10.4. The van der Waals surface area contributed by atoms with E-state index in [-0.39, 0.29) is 8.85 Å².